The Hall–Kier alpha value is -1.82. The number of aromatic nitrogens is 2. The highest BCUT2D eigenvalue weighted by Gasteiger charge is 2.08. The Morgan fingerprint density at radius 1 is 1.33 bits per heavy atom. The summed E-state index contributed by atoms with van der Waals surface area (Å²) in [5.41, 5.74) is 8.17. The van der Waals surface area contributed by atoms with Gasteiger partial charge in [0.25, 0.3) is 5.56 Å². The van der Waals surface area contributed by atoms with Crippen LogP contribution in [0.15, 0.2) is 39.7 Å². The first-order chi connectivity index (χ1) is 10.1. The van der Waals surface area contributed by atoms with Gasteiger partial charge in [-0.3, -0.25) is 4.79 Å². The van der Waals surface area contributed by atoms with E-state index in [1.807, 2.05) is 18.2 Å². The third-order valence-electron chi connectivity index (χ3n) is 3.41. The molecule has 0 radical (unpaired) electrons. The van der Waals surface area contributed by atoms with E-state index in [0.717, 1.165) is 28.8 Å². The number of benzene rings is 1. The largest absolute Gasteiger partial charge is 0.398 e. The molecule has 21 heavy (non-hydrogen) atoms. The quantitative estimate of drug-likeness (QED) is 0.841. The molecule has 0 fully saturated rings. The lowest BCUT2D eigenvalue weighted by molar-refractivity contribution is 0.635. The van der Waals surface area contributed by atoms with Crippen LogP contribution in [0.3, 0.4) is 0 Å². The Balaban J connectivity index is 2.30. The Morgan fingerprint density at radius 3 is 2.67 bits per heavy atom. The van der Waals surface area contributed by atoms with Crippen LogP contribution in [0, 0.1) is 0 Å². The van der Waals surface area contributed by atoms with Gasteiger partial charge in [0.05, 0.1) is 18.4 Å². The zero-order chi connectivity index (χ0) is 15.4. The van der Waals surface area contributed by atoms with Gasteiger partial charge in [-0.2, -0.15) is 5.10 Å². The maximum absolute atomic E-state index is 12.2. The Kier molecular flexibility index (Phi) is 5.01. The first-order valence-corrected chi connectivity index (χ1v) is 7.71. The third-order valence-corrected chi connectivity index (χ3v) is 4.38. The first kappa shape index (κ1) is 15.6. The van der Waals surface area contributed by atoms with E-state index in [2.05, 4.69) is 39.8 Å². The van der Waals surface area contributed by atoms with Gasteiger partial charge in [0, 0.05) is 29.3 Å². The van der Waals surface area contributed by atoms with Crippen molar-refractivity contribution < 1.29 is 0 Å². The van der Waals surface area contributed by atoms with E-state index in [-0.39, 0.29) is 5.56 Å². The van der Waals surface area contributed by atoms with Crippen LogP contribution in [0.4, 0.5) is 11.4 Å². The lowest BCUT2D eigenvalue weighted by Crippen LogP contribution is -2.28. The zero-order valence-electron chi connectivity index (χ0n) is 12.2. The molecule has 0 atom stereocenters. The van der Waals surface area contributed by atoms with Crippen LogP contribution in [0.25, 0.3) is 0 Å². The zero-order valence-corrected chi connectivity index (χ0v) is 13.8. The number of rotatable bonds is 5. The molecule has 112 valence electrons. The van der Waals surface area contributed by atoms with Crippen molar-refractivity contribution in [2.75, 3.05) is 23.7 Å². The molecule has 5 nitrogen and oxygen atoms in total. The Morgan fingerprint density at radius 2 is 2.05 bits per heavy atom. The smallest absolute Gasteiger partial charge is 0.269 e. The topological polar surface area (TPSA) is 64.2 Å². The maximum atomic E-state index is 12.2. The number of nitrogens with two attached hydrogens (primary N) is 1. The van der Waals surface area contributed by atoms with Gasteiger partial charge in [0.15, 0.2) is 0 Å². The molecule has 0 spiro atoms. The summed E-state index contributed by atoms with van der Waals surface area (Å²) >= 11 is 3.45. The molecule has 2 N–H and O–H groups in total. The van der Waals surface area contributed by atoms with Crippen molar-refractivity contribution in [1.82, 2.24) is 9.78 Å². The molecule has 2 rings (SSSR count). The molecule has 0 saturated carbocycles. The molecule has 0 unspecified atom stereocenters. The second-order valence-corrected chi connectivity index (χ2v) is 5.50. The molecule has 0 aliphatic rings. The van der Waals surface area contributed by atoms with E-state index >= 15 is 0 Å². The molecular weight excluding hydrogens is 332 g/mol. The predicted octanol–water partition coefficient (Wildman–Crippen LogP) is 2.48. The van der Waals surface area contributed by atoms with E-state index in [1.54, 1.807) is 12.3 Å². The van der Waals surface area contributed by atoms with E-state index in [9.17, 15) is 4.79 Å². The summed E-state index contributed by atoms with van der Waals surface area (Å²) in [6.45, 7) is 6.20. The van der Waals surface area contributed by atoms with Gasteiger partial charge in [0.2, 0.25) is 0 Å². The molecule has 0 bridgehead atoms. The summed E-state index contributed by atoms with van der Waals surface area (Å²) in [6.07, 6.45) is 1.73. The maximum Gasteiger partial charge on any atom is 0.269 e. The van der Waals surface area contributed by atoms with Crippen molar-refractivity contribution in [3.8, 4) is 0 Å². The monoisotopic (exact) mass is 350 g/mol. The summed E-state index contributed by atoms with van der Waals surface area (Å²) in [4.78, 5) is 14.3. The van der Waals surface area contributed by atoms with Gasteiger partial charge in [-0.25, -0.2) is 4.68 Å². The van der Waals surface area contributed by atoms with Crippen LogP contribution < -0.4 is 16.2 Å². The first-order valence-electron chi connectivity index (χ1n) is 6.91. The molecule has 0 saturated heterocycles. The molecular formula is C15H19BrN4O. The van der Waals surface area contributed by atoms with Gasteiger partial charge in [0.1, 0.15) is 0 Å². The molecule has 0 amide bonds. The van der Waals surface area contributed by atoms with Crippen LogP contribution in [0.1, 0.15) is 19.4 Å². The molecule has 0 aliphatic heterocycles. The van der Waals surface area contributed by atoms with Gasteiger partial charge >= 0.3 is 0 Å². The van der Waals surface area contributed by atoms with Gasteiger partial charge < -0.3 is 10.6 Å². The van der Waals surface area contributed by atoms with Gasteiger partial charge in [-0.1, -0.05) is 12.1 Å². The second kappa shape index (κ2) is 6.76. The fourth-order valence-electron chi connectivity index (χ4n) is 2.19. The van der Waals surface area contributed by atoms with Crippen molar-refractivity contribution in [2.45, 2.75) is 20.4 Å². The number of nitrogen functional groups attached to an aromatic ring is 1. The third kappa shape index (κ3) is 3.44. The lowest BCUT2D eigenvalue weighted by atomic mass is 10.2. The fourth-order valence-corrected chi connectivity index (χ4v) is 2.58. The minimum atomic E-state index is -0.117. The highest BCUT2D eigenvalue weighted by molar-refractivity contribution is 9.10. The van der Waals surface area contributed by atoms with Gasteiger partial charge in [-0.05, 0) is 41.4 Å². The number of hydrogen-bond donors (Lipinski definition) is 1. The van der Waals surface area contributed by atoms with Crippen molar-refractivity contribution in [3.63, 3.8) is 0 Å². The van der Waals surface area contributed by atoms with E-state index in [1.165, 1.54) is 4.68 Å². The fraction of sp³-hybridized carbons (Fsp3) is 0.333. The molecule has 1 aromatic heterocycles. The summed E-state index contributed by atoms with van der Waals surface area (Å²) in [7, 11) is 0. The number of anilines is 2. The van der Waals surface area contributed by atoms with Gasteiger partial charge in [-0.15, -0.1) is 0 Å². The summed E-state index contributed by atoms with van der Waals surface area (Å²) in [5, 5.41) is 4.26. The molecule has 6 heteroatoms. The minimum Gasteiger partial charge on any atom is -0.398 e. The van der Waals surface area contributed by atoms with E-state index in [4.69, 9.17) is 5.73 Å². The number of halogens is 1. The van der Waals surface area contributed by atoms with Crippen LogP contribution >= 0.6 is 15.9 Å². The standard InChI is InChI=1S/C15H19BrN4O/c1-3-19(4-2)12-8-14(21)20(18-9-12)10-11-6-5-7-13(17)15(11)16/h5-9H,3-4,10,17H2,1-2H3. The predicted molar refractivity (Wildman–Crippen MR) is 89.7 cm³/mol. The van der Waals surface area contributed by atoms with Crippen molar-refractivity contribution in [2.24, 2.45) is 0 Å². The molecule has 2 aromatic rings. The average Bonchev–Trinajstić information content (AvgIpc) is 2.47. The SMILES string of the molecule is CCN(CC)c1cnn(Cc2cccc(N)c2Br)c(=O)c1. The molecule has 1 heterocycles. The van der Waals surface area contributed by atoms with Crippen LogP contribution in [0.2, 0.25) is 0 Å². The average molecular weight is 351 g/mol. The highest BCUT2D eigenvalue weighted by atomic mass is 79.9. The number of nitrogens with zero attached hydrogens (tertiary/aromatic N) is 3. The highest BCUT2D eigenvalue weighted by Crippen LogP contribution is 2.24. The molecule has 1 aromatic carbocycles. The lowest BCUT2D eigenvalue weighted by Gasteiger charge is -2.20. The van der Waals surface area contributed by atoms with Crippen LogP contribution in [-0.2, 0) is 6.54 Å². The summed E-state index contributed by atoms with van der Waals surface area (Å²) in [5.74, 6) is 0. The van der Waals surface area contributed by atoms with Crippen LogP contribution in [-0.4, -0.2) is 22.9 Å². The summed E-state index contributed by atoms with van der Waals surface area (Å²) < 4.78 is 2.25. The Bertz CT molecular complexity index is 680. The normalized spacial score (nSPS) is 10.6. The second-order valence-electron chi connectivity index (χ2n) is 4.70. The van der Waals surface area contributed by atoms with Crippen LogP contribution in [0.5, 0.6) is 0 Å². The minimum absolute atomic E-state index is 0.117. The van der Waals surface area contributed by atoms with Crippen molar-refractivity contribution in [1.29, 1.82) is 0 Å². The number of hydrogen-bond acceptors (Lipinski definition) is 4. The van der Waals surface area contributed by atoms with Crippen molar-refractivity contribution >= 4 is 27.3 Å². The molecule has 0 aliphatic carbocycles. The Labute approximate surface area is 132 Å². The van der Waals surface area contributed by atoms with E-state index < -0.39 is 0 Å². The summed E-state index contributed by atoms with van der Waals surface area (Å²) in [6, 6.07) is 7.23. The van der Waals surface area contributed by atoms with Crippen molar-refractivity contribution in [3.05, 3.63) is 50.9 Å². The van der Waals surface area contributed by atoms with E-state index in [0.29, 0.717) is 12.2 Å².